The lowest BCUT2D eigenvalue weighted by molar-refractivity contribution is 0.183. The van der Waals surface area contributed by atoms with Crippen LogP contribution in [0.15, 0.2) is 59.4 Å². The molecular weight excluding hydrogens is 348 g/mol. The van der Waals surface area contributed by atoms with Crippen LogP contribution in [0, 0.1) is 0 Å². The van der Waals surface area contributed by atoms with Crippen molar-refractivity contribution in [3.05, 3.63) is 76.1 Å². The Morgan fingerprint density at radius 2 is 1.79 bits per heavy atom. The topological polar surface area (TPSA) is 45.5 Å². The molecule has 2 aromatic carbocycles. The number of rotatable bonds is 4. The van der Waals surface area contributed by atoms with Crippen LogP contribution in [0.3, 0.4) is 0 Å². The van der Waals surface area contributed by atoms with E-state index in [1.165, 1.54) is 11.1 Å². The van der Waals surface area contributed by atoms with Gasteiger partial charge >= 0.3 is 0 Å². The van der Waals surface area contributed by atoms with E-state index in [0.717, 1.165) is 42.3 Å². The highest BCUT2D eigenvalue weighted by atomic mass is 16.3. The van der Waals surface area contributed by atoms with Crippen LogP contribution < -0.4 is 10.5 Å². The van der Waals surface area contributed by atoms with Crippen LogP contribution in [0.5, 0.6) is 0 Å². The molecule has 1 aliphatic heterocycles. The first-order valence-electron chi connectivity index (χ1n) is 10.4. The third kappa shape index (κ3) is 2.83. The Kier molecular flexibility index (Phi) is 4.24. The normalized spacial score (nSPS) is 22.1. The molecule has 1 aliphatic carbocycles. The third-order valence-corrected chi connectivity index (χ3v) is 6.30. The first kappa shape index (κ1) is 17.5. The molecule has 0 amide bonds. The molecular formula is C24H26N2O2. The van der Waals surface area contributed by atoms with E-state index in [0.29, 0.717) is 12.5 Å². The predicted octanol–water partition coefficient (Wildman–Crippen LogP) is 4.56. The zero-order valence-electron chi connectivity index (χ0n) is 16.2. The van der Waals surface area contributed by atoms with Crippen LogP contribution in [-0.2, 0) is 6.54 Å². The van der Waals surface area contributed by atoms with Gasteiger partial charge in [0.1, 0.15) is 6.23 Å². The van der Waals surface area contributed by atoms with Gasteiger partial charge < -0.3 is 14.6 Å². The molecule has 1 saturated heterocycles. The largest absolute Gasteiger partial charge is 0.374 e. The number of hydrogen-bond donors (Lipinski definition) is 1. The number of fused-ring (bicyclic) bond motifs is 1. The van der Waals surface area contributed by atoms with Crippen molar-refractivity contribution in [3.63, 3.8) is 0 Å². The van der Waals surface area contributed by atoms with E-state index in [4.69, 9.17) is 0 Å². The Morgan fingerprint density at radius 3 is 2.50 bits per heavy atom. The summed E-state index contributed by atoms with van der Waals surface area (Å²) in [6, 6.07) is 18.8. The molecule has 0 bridgehead atoms. The van der Waals surface area contributed by atoms with Crippen LogP contribution in [0.2, 0.25) is 0 Å². The summed E-state index contributed by atoms with van der Waals surface area (Å²) in [5.41, 5.74) is 4.55. The van der Waals surface area contributed by atoms with E-state index in [-0.39, 0.29) is 11.6 Å². The summed E-state index contributed by atoms with van der Waals surface area (Å²) in [5.74, 6) is 0.505. The number of hydrogen-bond acceptors (Lipinski definition) is 3. The maximum Gasteiger partial charge on any atom is 0.251 e. The molecule has 1 aromatic heterocycles. The molecule has 1 N–H and O–H groups in total. The Bertz CT molecular complexity index is 1070. The summed E-state index contributed by atoms with van der Waals surface area (Å²) in [7, 11) is 0. The van der Waals surface area contributed by atoms with Crippen molar-refractivity contribution in [1.82, 2.24) is 4.57 Å². The summed E-state index contributed by atoms with van der Waals surface area (Å²) in [5, 5.41) is 11.9. The highest BCUT2D eigenvalue weighted by Crippen LogP contribution is 2.44. The van der Waals surface area contributed by atoms with E-state index in [2.05, 4.69) is 47.4 Å². The van der Waals surface area contributed by atoms with Crippen LogP contribution in [-0.4, -0.2) is 15.9 Å². The van der Waals surface area contributed by atoms with Gasteiger partial charge in [0.15, 0.2) is 0 Å². The Balaban J connectivity index is 1.65. The SMILES string of the molecule is CCn1c(=O)cc(C2CC2)c2cc(N3C(O)CC[C@H]3c3ccccc3)ccc21. The van der Waals surface area contributed by atoms with Crippen molar-refractivity contribution in [2.24, 2.45) is 0 Å². The molecule has 0 spiro atoms. The monoisotopic (exact) mass is 374 g/mol. The molecule has 5 rings (SSSR count). The fraction of sp³-hybridized carbons (Fsp3) is 0.375. The van der Waals surface area contributed by atoms with Gasteiger partial charge in [0.05, 0.1) is 11.6 Å². The van der Waals surface area contributed by atoms with Gasteiger partial charge in [-0.25, -0.2) is 0 Å². The number of benzene rings is 2. The molecule has 2 atom stereocenters. The number of aryl methyl sites for hydroxylation is 1. The van der Waals surface area contributed by atoms with Gasteiger partial charge in [0.25, 0.3) is 5.56 Å². The van der Waals surface area contributed by atoms with Crippen LogP contribution in [0.25, 0.3) is 10.9 Å². The van der Waals surface area contributed by atoms with Crippen molar-refractivity contribution in [2.45, 2.75) is 57.3 Å². The number of pyridine rings is 1. The van der Waals surface area contributed by atoms with E-state index in [9.17, 15) is 9.90 Å². The zero-order chi connectivity index (χ0) is 19.3. The molecule has 2 aliphatic rings. The van der Waals surface area contributed by atoms with Gasteiger partial charge in [0.2, 0.25) is 0 Å². The van der Waals surface area contributed by atoms with Crippen LogP contribution in [0.1, 0.15) is 55.7 Å². The number of nitrogens with zero attached hydrogens (tertiary/aromatic N) is 2. The summed E-state index contributed by atoms with van der Waals surface area (Å²) in [6.07, 6.45) is 3.54. The summed E-state index contributed by atoms with van der Waals surface area (Å²) < 4.78 is 1.85. The molecule has 3 aromatic rings. The molecule has 0 radical (unpaired) electrons. The minimum atomic E-state index is -0.482. The fourth-order valence-electron chi connectivity index (χ4n) is 4.76. The average Bonchev–Trinajstić information content (AvgIpc) is 3.49. The zero-order valence-corrected chi connectivity index (χ0v) is 16.2. The van der Waals surface area contributed by atoms with Crippen LogP contribution in [0.4, 0.5) is 5.69 Å². The molecule has 144 valence electrons. The van der Waals surface area contributed by atoms with E-state index < -0.39 is 6.23 Å². The van der Waals surface area contributed by atoms with Gasteiger partial charge in [-0.3, -0.25) is 4.79 Å². The number of anilines is 1. The minimum Gasteiger partial charge on any atom is -0.374 e. The van der Waals surface area contributed by atoms with Crippen molar-refractivity contribution in [1.29, 1.82) is 0 Å². The van der Waals surface area contributed by atoms with E-state index in [1.54, 1.807) is 0 Å². The smallest absolute Gasteiger partial charge is 0.251 e. The van der Waals surface area contributed by atoms with Crippen molar-refractivity contribution < 1.29 is 5.11 Å². The molecule has 2 heterocycles. The third-order valence-electron chi connectivity index (χ3n) is 6.30. The maximum atomic E-state index is 12.6. The van der Waals surface area contributed by atoms with E-state index >= 15 is 0 Å². The maximum absolute atomic E-state index is 12.6. The lowest BCUT2D eigenvalue weighted by Crippen LogP contribution is -2.31. The van der Waals surface area contributed by atoms with Gasteiger partial charge in [0, 0.05) is 23.7 Å². The fourth-order valence-corrected chi connectivity index (χ4v) is 4.76. The van der Waals surface area contributed by atoms with Gasteiger partial charge in [-0.15, -0.1) is 0 Å². The lowest BCUT2D eigenvalue weighted by atomic mass is 10.0. The number of aliphatic hydroxyl groups is 1. The highest BCUT2D eigenvalue weighted by Gasteiger charge is 2.34. The standard InChI is InChI=1S/C24H26N2O2/c1-2-25-22-11-10-18(14-20(22)19(15-24(25)28)16-8-9-16)26-21(12-13-23(26)27)17-6-4-3-5-7-17/h3-7,10-11,14-16,21,23,27H,2,8-9,12-13H2,1H3/t21-,23?/m0/s1. The first-order valence-corrected chi connectivity index (χ1v) is 10.4. The van der Waals surface area contributed by atoms with Crippen molar-refractivity contribution in [2.75, 3.05) is 4.90 Å². The molecule has 2 fully saturated rings. The second-order valence-electron chi connectivity index (χ2n) is 8.05. The quantitative estimate of drug-likeness (QED) is 0.728. The average molecular weight is 374 g/mol. The summed E-state index contributed by atoms with van der Waals surface area (Å²) in [4.78, 5) is 14.7. The second-order valence-corrected chi connectivity index (χ2v) is 8.05. The Hall–Kier alpha value is -2.59. The summed E-state index contributed by atoms with van der Waals surface area (Å²) in [6.45, 7) is 2.68. The molecule has 4 nitrogen and oxygen atoms in total. The van der Waals surface area contributed by atoms with Crippen LogP contribution >= 0.6 is 0 Å². The predicted molar refractivity (Wildman–Crippen MR) is 113 cm³/mol. The minimum absolute atomic E-state index is 0.0908. The summed E-state index contributed by atoms with van der Waals surface area (Å²) >= 11 is 0. The Morgan fingerprint density at radius 1 is 1.00 bits per heavy atom. The Labute approximate surface area is 165 Å². The van der Waals surface area contributed by atoms with E-state index in [1.807, 2.05) is 23.6 Å². The number of aliphatic hydroxyl groups excluding tert-OH is 1. The van der Waals surface area contributed by atoms with Gasteiger partial charge in [-0.1, -0.05) is 30.3 Å². The van der Waals surface area contributed by atoms with Gasteiger partial charge in [-0.2, -0.15) is 0 Å². The van der Waals surface area contributed by atoms with Gasteiger partial charge in [-0.05, 0) is 67.9 Å². The molecule has 4 heteroatoms. The molecule has 1 unspecified atom stereocenters. The number of aromatic nitrogens is 1. The molecule has 28 heavy (non-hydrogen) atoms. The molecule has 1 saturated carbocycles. The second kappa shape index (κ2) is 6.78. The lowest BCUT2D eigenvalue weighted by Gasteiger charge is -2.30. The highest BCUT2D eigenvalue weighted by molar-refractivity contribution is 5.87. The first-order chi connectivity index (χ1) is 13.7. The van der Waals surface area contributed by atoms with Crippen molar-refractivity contribution in [3.8, 4) is 0 Å². The van der Waals surface area contributed by atoms with Crippen molar-refractivity contribution >= 4 is 16.6 Å².